The molecule has 0 aliphatic heterocycles. The Kier molecular flexibility index (Phi) is 4.87. The molecular formula is C15H14F3NO3. The van der Waals surface area contributed by atoms with Crippen LogP contribution in [0.15, 0.2) is 36.5 Å². The number of benzene rings is 1. The summed E-state index contributed by atoms with van der Waals surface area (Å²) in [4.78, 5) is 4.04. The molecule has 0 radical (unpaired) electrons. The Morgan fingerprint density at radius 1 is 1.23 bits per heavy atom. The smallest absolute Gasteiger partial charge is 0.422 e. The minimum atomic E-state index is -4.43. The van der Waals surface area contributed by atoms with Crippen LogP contribution in [-0.4, -0.2) is 30.0 Å². The van der Waals surface area contributed by atoms with Crippen molar-refractivity contribution in [2.45, 2.75) is 12.8 Å². The van der Waals surface area contributed by atoms with Gasteiger partial charge in [-0.15, -0.1) is 0 Å². The summed E-state index contributed by atoms with van der Waals surface area (Å²) in [6.07, 6.45) is -2.89. The highest BCUT2D eigenvalue weighted by Crippen LogP contribution is 2.32. The summed E-state index contributed by atoms with van der Waals surface area (Å²) in [5.41, 5.74) is 1.58. The highest BCUT2D eigenvalue weighted by Gasteiger charge is 2.28. The second-order valence-corrected chi connectivity index (χ2v) is 4.49. The van der Waals surface area contributed by atoms with Crippen LogP contribution in [0.1, 0.15) is 5.56 Å². The second-order valence-electron chi connectivity index (χ2n) is 4.49. The lowest BCUT2D eigenvalue weighted by Gasteiger charge is -2.13. The third kappa shape index (κ3) is 4.11. The van der Waals surface area contributed by atoms with Crippen LogP contribution >= 0.6 is 0 Å². The molecule has 0 saturated heterocycles. The molecule has 7 heteroatoms. The first kappa shape index (κ1) is 16.1. The zero-order chi connectivity index (χ0) is 16.2. The quantitative estimate of drug-likeness (QED) is 0.921. The molecule has 0 aliphatic rings. The van der Waals surface area contributed by atoms with Crippen LogP contribution in [0.3, 0.4) is 0 Å². The fourth-order valence-electron chi connectivity index (χ4n) is 1.93. The average Bonchev–Trinajstić information content (AvgIpc) is 2.52. The number of aliphatic hydroxyl groups is 1. The van der Waals surface area contributed by atoms with Gasteiger partial charge in [-0.1, -0.05) is 0 Å². The van der Waals surface area contributed by atoms with Crippen molar-refractivity contribution in [2.75, 3.05) is 13.7 Å². The van der Waals surface area contributed by atoms with Crippen LogP contribution in [0, 0.1) is 0 Å². The van der Waals surface area contributed by atoms with Crippen LogP contribution < -0.4 is 9.47 Å². The van der Waals surface area contributed by atoms with Crippen LogP contribution in [0.5, 0.6) is 11.6 Å². The number of rotatable bonds is 5. The van der Waals surface area contributed by atoms with Gasteiger partial charge in [0.05, 0.1) is 13.7 Å². The molecule has 0 unspecified atom stereocenters. The van der Waals surface area contributed by atoms with Gasteiger partial charge in [-0.25, -0.2) is 4.98 Å². The maximum Gasteiger partial charge on any atom is 0.422 e. The van der Waals surface area contributed by atoms with Crippen LogP contribution in [0.2, 0.25) is 0 Å². The number of alkyl halides is 3. The van der Waals surface area contributed by atoms with E-state index in [4.69, 9.17) is 9.47 Å². The summed E-state index contributed by atoms with van der Waals surface area (Å²) in [7, 11) is 1.45. The second kappa shape index (κ2) is 6.65. The number of aliphatic hydroxyl groups excluding tert-OH is 1. The Bertz CT molecular complexity index is 644. The normalized spacial score (nSPS) is 11.3. The molecule has 0 bridgehead atoms. The molecule has 0 fully saturated rings. The number of halogens is 3. The summed E-state index contributed by atoms with van der Waals surface area (Å²) >= 11 is 0. The van der Waals surface area contributed by atoms with E-state index in [1.807, 2.05) is 0 Å². The maximum absolute atomic E-state index is 12.3. The van der Waals surface area contributed by atoms with E-state index in [1.165, 1.54) is 19.2 Å². The summed E-state index contributed by atoms with van der Waals surface area (Å²) in [5, 5.41) is 9.26. The van der Waals surface area contributed by atoms with Gasteiger partial charge in [0.2, 0.25) is 5.88 Å². The van der Waals surface area contributed by atoms with Crippen molar-refractivity contribution in [1.82, 2.24) is 4.98 Å². The lowest BCUT2D eigenvalue weighted by molar-refractivity contribution is -0.153. The number of pyridine rings is 1. The number of ether oxygens (including phenoxy) is 2. The standard InChI is InChI=1S/C15H14F3NO3/c1-21-14-13(3-2-4-19-14)11-5-10(8-20)6-12(7-11)22-9-15(16,17)18/h2-7,20H,8-9H2,1H3. The lowest BCUT2D eigenvalue weighted by Crippen LogP contribution is -2.19. The summed E-state index contributed by atoms with van der Waals surface area (Å²) in [5.74, 6) is 0.351. The van der Waals surface area contributed by atoms with Gasteiger partial charge in [-0.3, -0.25) is 0 Å². The first-order chi connectivity index (χ1) is 10.4. The van der Waals surface area contributed by atoms with Crippen molar-refractivity contribution in [2.24, 2.45) is 0 Å². The molecule has 4 nitrogen and oxygen atoms in total. The van der Waals surface area contributed by atoms with Crippen molar-refractivity contribution < 1.29 is 27.8 Å². The number of nitrogens with zero attached hydrogens (tertiary/aromatic N) is 1. The maximum atomic E-state index is 12.3. The molecule has 22 heavy (non-hydrogen) atoms. The van der Waals surface area contributed by atoms with Crippen molar-refractivity contribution in [3.05, 3.63) is 42.1 Å². The van der Waals surface area contributed by atoms with Crippen LogP contribution in [-0.2, 0) is 6.61 Å². The Morgan fingerprint density at radius 2 is 2.00 bits per heavy atom. The first-order valence-corrected chi connectivity index (χ1v) is 6.36. The Hall–Kier alpha value is -2.28. The molecule has 118 valence electrons. The van der Waals surface area contributed by atoms with E-state index in [0.29, 0.717) is 22.6 Å². The number of hydrogen-bond acceptors (Lipinski definition) is 4. The third-order valence-corrected chi connectivity index (χ3v) is 2.83. The molecule has 0 aliphatic carbocycles. The highest BCUT2D eigenvalue weighted by atomic mass is 19.4. The average molecular weight is 313 g/mol. The van der Waals surface area contributed by atoms with E-state index in [-0.39, 0.29) is 12.4 Å². The summed E-state index contributed by atoms with van der Waals surface area (Å²) in [6.45, 7) is -1.72. The minimum absolute atomic E-state index is 0.0183. The zero-order valence-electron chi connectivity index (χ0n) is 11.7. The predicted octanol–water partition coefficient (Wildman–Crippen LogP) is 3.19. The highest BCUT2D eigenvalue weighted by molar-refractivity contribution is 5.70. The van der Waals surface area contributed by atoms with E-state index in [1.54, 1.807) is 24.4 Å². The van der Waals surface area contributed by atoms with E-state index in [0.717, 1.165) is 0 Å². The molecule has 0 atom stereocenters. The van der Waals surface area contributed by atoms with Crippen molar-refractivity contribution in [1.29, 1.82) is 0 Å². The molecule has 0 saturated carbocycles. The predicted molar refractivity (Wildman–Crippen MR) is 73.7 cm³/mol. The number of hydrogen-bond donors (Lipinski definition) is 1. The van der Waals surface area contributed by atoms with Crippen molar-refractivity contribution >= 4 is 0 Å². The van der Waals surface area contributed by atoms with E-state index < -0.39 is 12.8 Å². The molecular weight excluding hydrogens is 299 g/mol. The number of methoxy groups -OCH3 is 1. The van der Waals surface area contributed by atoms with Gasteiger partial charge in [-0.2, -0.15) is 13.2 Å². The molecule has 1 N–H and O–H groups in total. The fraction of sp³-hybridized carbons (Fsp3) is 0.267. The molecule has 0 amide bonds. The Balaban J connectivity index is 2.39. The SMILES string of the molecule is COc1ncccc1-c1cc(CO)cc(OCC(F)(F)F)c1. The zero-order valence-corrected chi connectivity index (χ0v) is 11.7. The molecule has 1 aromatic carbocycles. The van der Waals surface area contributed by atoms with E-state index >= 15 is 0 Å². The Labute approximate surface area is 125 Å². The van der Waals surface area contributed by atoms with E-state index in [2.05, 4.69) is 4.98 Å². The van der Waals surface area contributed by atoms with Gasteiger partial charge in [0.15, 0.2) is 6.61 Å². The monoisotopic (exact) mass is 313 g/mol. The van der Waals surface area contributed by atoms with Gasteiger partial charge < -0.3 is 14.6 Å². The molecule has 2 aromatic rings. The largest absolute Gasteiger partial charge is 0.484 e. The minimum Gasteiger partial charge on any atom is -0.484 e. The van der Waals surface area contributed by atoms with Crippen LogP contribution in [0.4, 0.5) is 13.2 Å². The van der Waals surface area contributed by atoms with E-state index in [9.17, 15) is 18.3 Å². The van der Waals surface area contributed by atoms with Gasteiger partial charge in [0.25, 0.3) is 0 Å². The van der Waals surface area contributed by atoms with Gasteiger partial charge in [-0.05, 0) is 41.5 Å². The number of aromatic nitrogens is 1. The van der Waals surface area contributed by atoms with Gasteiger partial charge in [0.1, 0.15) is 5.75 Å². The summed E-state index contributed by atoms with van der Waals surface area (Å²) < 4.78 is 46.7. The third-order valence-electron chi connectivity index (χ3n) is 2.83. The first-order valence-electron chi connectivity index (χ1n) is 6.36. The molecule has 1 aromatic heterocycles. The fourth-order valence-corrected chi connectivity index (χ4v) is 1.93. The van der Waals surface area contributed by atoms with Gasteiger partial charge >= 0.3 is 6.18 Å². The molecule has 0 spiro atoms. The van der Waals surface area contributed by atoms with Crippen molar-refractivity contribution in [3.63, 3.8) is 0 Å². The van der Waals surface area contributed by atoms with Crippen LogP contribution in [0.25, 0.3) is 11.1 Å². The topological polar surface area (TPSA) is 51.6 Å². The van der Waals surface area contributed by atoms with Crippen molar-refractivity contribution in [3.8, 4) is 22.8 Å². The Morgan fingerprint density at radius 3 is 2.64 bits per heavy atom. The summed E-state index contributed by atoms with van der Waals surface area (Å²) in [6, 6.07) is 7.85. The van der Waals surface area contributed by atoms with Gasteiger partial charge in [0, 0.05) is 11.8 Å². The lowest BCUT2D eigenvalue weighted by atomic mass is 10.0. The molecule has 1 heterocycles. The molecule has 2 rings (SSSR count).